The van der Waals surface area contributed by atoms with Crippen LogP contribution in [0.5, 0.6) is 0 Å². The molecule has 0 saturated heterocycles. The number of carbonyl (C=O) groups excluding carboxylic acids is 1. The lowest BCUT2D eigenvalue weighted by atomic mass is 10.2. The van der Waals surface area contributed by atoms with Gasteiger partial charge in [-0.05, 0) is 52.3 Å². The van der Waals surface area contributed by atoms with Crippen LogP contribution in [0.2, 0.25) is 5.02 Å². The summed E-state index contributed by atoms with van der Waals surface area (Å²) in [6.07, 6.45) is 0. The van der Waals surface area contributed by atoms with Gasteiger partial charge in [0.25, 0.3) is 5.91 Å². The molecule has 1 N–H and O–H groups in total. The standard InChI is InChI=1S/C14H10BrClN2O3/c15-12-3-1-2-11(17-12)14(21)18(8-13(19)20)10-6-4-9(16)5-7-10/h1-7H,8H2,(H,19,20). The number of carbonyl (C=O) groups is 2. The van der Waals surface area contributed by atoms with Crippen molar-refractivity contribution in [3.05, 3.63) is 57.8 Å². The smallest absolute Gasteiger partial charge is 0.323 e. The zero-order valence-corrected chi connectivity index (χ0v) is 13.0. The minimum Gasteiger partial charge on any atom is -0.480 e. The number of hydrogen-bond acceptors (Lipinski definition) is 3. The van der Waals surface area contributed by atoms with Crippen molar-refractivity contribution in [3.63, 3.8) is 0 Å². The second-order valence-corrected chi connectivity index (χ2v) is 5.36. The molecule has 0 saturated carbocycles. The lowest BCUT2D eigenvalue weighted by Gasteiger charge is -2.20. The molecule has 1 amide bonds. The topological polar surface area (TPSA) is 70.5 Å². The number of nitrogens with zero attached hydrogens (tertiary/aromatic N) is 2. The molecule has 0 aliphatic rings. The minimum absolute atomic E-state index is 0.153. The van der Waals surface area contributed by atoms with Gasteiger partial charge in [0.1, 0.15) is 16.8 Å². The lowest BCUT2D eigenvalue weighted by molar-refractivity contribution is -0.135. The van der Waals surface area contributed by atoms with Gasteiger partial charge in [-0.3, -0.25) is 14.5 Å². The summed E-state index contributed by atoms with van der Waals surface area (Å²) >= 11 is 8.98. The molecule has 108 valence electrons. The summed E-state index contributed by atoms with van der Waals surface area (Å²) in [7, 11) is 0. The molecule has 1 aromatic carbocycles. The second-order valence-electron chi connectivity index (χ2n) is 4.11. The highest BCUT2D eigenvalue weighted by atomic mass is 79.9. The van der Waals surface area contributed by atoms with E-state index in [1.807, 2.05) is 0 Å². The SMILES string of the molecule is O=C(O)CN(C(=O)c1cccc(Br)n1)c1ccc(Cl)cc1. The van der Waals surface area contributed by atoms with E-state index in [0.717, 1.165) is 4.90 Å². The van der Waals surface area contributed by atoms with Gasteiger partial charge in [0.2, 0.25) is 0 Å². The second kappa shape index (κ2) is 6.69. The molecule has 0 bridgehead atoms. The molecule has 1 aromatic heterocycles. The van der Waals surface area contributed by atoms with Gasteiger partial charge in [-0.15, -0.1) is 0 Å². The van der Waals surface area contributed by atoms with Crippen molar-refractivity contribution in [2.75, 3.05) is 11.4 Å². The highest BCUT2D eigenvalue weighted by Crippen LogP contribution is 2.20. The first-order chi connectivity index (χ1) is 9.97. The molecule has 0 unspecified atom stereocenters. The van der Waals surface area contributed by atoms with E-state index >= 15 is 0 Å². The Kier molecular flexibility index (Phi) is 4.93. The van der Waals surface area contributed by atoms with Gasteiger partial charge >= 0.3 is 5.97 Å². The molecular weight excluding hydrogens is 360 g/mol. The van der Waals surface area contributed by atoms with Crippen molar-refractivity contribution in [2.45, 2.75) is 0 Å². The summed E-state index contributed by atoms with van der Waals surface area (Å²) in [6, 6.07) is 11.2. The molecule has 5 nitrogen and oxygen atoms in total. The number of aromatic nitrogens is 1. The van der Waals surface area contributed by atoms with Gasteiger partial charge in [-0.2, -0.15) is 0 Å². The fraction of sp³-hybridized carbons (Fsp3) is 0.0714. The van der Waals surface area contributed by atoms with Crippen LogP contribution < -0.4 is 4.90 Å². The Morgan fingerprint density at radius 2 is 1.86 bits per heavy atom. The molecule has 1 heterocycles. The van der Waals surface area contributed by atoms with Crippen LogP contribution in [-0.4, -0.2) is 28.5 Å². The van der Waals surface area contributed by atoms with Gasteiger partial charge in [0.05, 0.1) is 0 Å². The first-order valence-electron chi connectivity index (χ1n) is 5.89. The number of amides is 1. The van der Waals surface area contributed by atoms with Gasteiger partial charge < -0.3 is 5.11 Å². The average Bonchev–Trinajstić information content (AvgIpc) is 2.45. The summed E-state index contributed by atoms with van der Waals surface area (Å²) in [5.74, 6) is -1.62. The monoisotopic (exact) mass is 368 g/mol. The number of rotatable bonds is 4. The van der Waals surface area contributed by atoms with E-state index in [-0.39, 0.29) is 5.69 Å². The Balaban J connectivity index is 2.38. The number of carboxylic acid groups (broad SMARTS) is 1. The molecule has 0 spiro atoms. The van der Waals surface area contributed by atoms with E-state index in [0.29, 0.717) is 15.3 Å². The maximum atomic E-state index is 12.5. The van der Waals surface area contributed by atoms with Crippen molar-refractivity contribution >= 4 is 45.1 Å². The van der Waals surface area contributed by atoms with E-state index in [2.05, 4.69) is 20.9 Å². The Labute approximate surface area is 134 Å². The minimum atomic E-state index is -1.12. The van der Waals surface area contributed by atoms with Crippen LogP contribution in [0.4, 0.5) is 5.69 Å². The predicted octanol–water partition coefficient (Wildman–Crippen LogP) is 3.23. The molecule has 2 rings (SSSR count). The fourth-order valence-corrected chi connectivity index (χ4v) is 2.17. The van der Waals surface area contributed by atoms with E-state index in [4.69, 9.17) is 16.7 Å². The first-order valence-corrected chi connectivity index (χ1v) is 7.06. The van der Waals surface area contributed by atoms with Crippen LogP contribution >= 0.6 is 27.5 Å². The van der Waals surface area contributed by atoms with Crippen molar-refractivity contribution in [1.82, 2.24) is 4.98 Å². The highest BCUT2D eigenvalue weighted by molar-refractivity contribution is 9.10. The molecule has 0 aliphatic heterocycles. The van der Waals surface area contributed by atoms with E-state index in [1.165, 1.54) is 6.07 Å². The lowest BCUT2D eigenvalue weighted by Crippen LogP contribution is -2.36. The fourth-order valence-electron chi connectivity index (χ4n) is 1.70. The third-order valence-electron chi connectivity index (χ3n) is 2.61. The molecule has 0 fully saturated rings. The third-order valence-corrected chi connectivity index (χ3v) is 3.30. The zero-order valence-electron chi connectivity index (χ0n) is 10.7. The number of benzene rings is 1. The molecule has 7 heteroatoms. The summed E-state index contributed by atoms with van der Waals surface area (Å²) in [6.45, 7) is -0.464. The average molecular weight is 370 g/mol. The summed E-state index contributed by atoms with van der Waals surface area (Å²) in [5.41, 5.74) is 0.592. The van der Waals surface area contributed by atoms with Crippen molar-refractivity contribution < 1.29 is 14.7 Å². The molecule has 0 radical (unpaired) electrons. The Hall–Kier alpha value is -1.92. The highest BCUT2D eigenvalue weighted by Gasteiger charge is 2.21. The predicted molar refractivity (Wildman–Crippen MR) is 82.7 cm³/mol. The van der Waals surface area contributed by atoms with Gasteiger partial charge in [-0.1, -0.05) is 17.7 Å². The molecule has 0 atom stereocenters. The number of hydrogen-bond donors (Lipinski definition) is 1. The largest absolute Gasteiger partial charge is 0.480 e. The van der Waals surface area contributed by atoms with E-state index < -0.39 is 18.4 Å². The Bertz CT molecular complexity index is 676. The Morgan fingerprint density at radius 3 is 2.43 bits per heavy atom. The van der Waals surface area contributed by atoms with Crippen LogP contribution in [0, 0.1) is 0 Å². The number of carboxylic acids is 1. The Morgan fingerprint density at radius 1 is 1.19 bits per heavy atom. The maximum absolute atomic E-state index is 12.5. The van der Waals surface area contributed by atoms with Crippen molar-refractivity contribution in [1.29, 1.82) is 0 Å². The van der Waals surface area contributed by atoms with Gasteiger partial charge in [0.15, 0.2) is 0 Å². The molecule has 2 aromatic rings. The third kappa shape index (κ3) is 4.03. The van der Waals surface area contributed by atoms with Crippen LogP contribution in [0.15, 0.2) is 47.1 Å². The number of anilines is 1. The van der Waals surface area contributed by atoms with E-state index in [1.54, 1.807) is 36.4 Å². The maximum Gasteiger partial charge on any atom is 0.323 e. The summed E-state index contributed by atoms with van der Waals surface area (Å²) < 4.78 is 0.500. The van der Waals surface area contributed by atoms with Crippen LogP contribution in [-0.2, 0) is 4.79 Å². The number of pyridine rings is 1. The quantitative estimate of drug-likeness (QED) is 0.840. The number of aliphatic carboxylic acids is 1. The molecular formula is C14H10BrClN2O3. The van der Waals surface area contributed by atoms with Crippen LogP contribution in [0.1, 0.15) is 10.5 Å². The zero-order chi connectivity index (χ0) is 15.4. The van der Waals surface area contributed by atoms with Crippen LogP contribution in [0.3, 0.4) is 0 Å². The summed E-state index contributed by atoms with van der Waals surface area (Å²) in [5, 5.41) is 9.50. The van der Waals surface area contributed by atoms with Crippen LogP contribution in [0.25, 0.3) is 0 Å². The number of halogens is 2. The normalized spacial score (nSPS) is 10.2. The van der Waals surface area contributed by atoms with Gasteiger partial charge in [-0.25, -0.2) is 4.98 Å². The van der Waals surface area contributed by atoms with Gasteiger partial charge in [0, 0.05) is 10.7 Å². The molecule has 0 aliphatic carbocycles. The summed E-state index contributed by atoms with van der Waals surface area (Å²) in [4.78, 5) is 28.7. The molecule has 21 heavy (non-hydrogen) atoms. The van der Waals surface area contributed by atoms with Crippen molar-refractivity contribution in [2.24, 2.45) is 0 Å². The first kappa shape index (κ1) is 15.5. The van der Waals surface area contributed by atoms with Crippen molar-refractivity contribution in [3.8, 4) is 0 Å². The van der Waals surface area contributed by atoms with E-state index in [9.17, 15) is 9.59 Å².